The molecule has 6 heteroatoms. The summed E-state index contributed by atoms with van der Waals surface area (Å²) in [6.07, 6.45) is 0. The number of hydrogen-bond acceptors (Lipinski definition) is 5. The molecule has 3 rings (SSSR count). The van der Waals surface area contributed by atoms with Gasteiger partial charge in [0, 0.05) is 19.6 Å². The maximum absolute atomic E-state index is 12.4. The van der Waals surface area contributed by atoms with Crippen molar-refractivity contribution in [3.05, 3.63) is 59.2 Å². The van der Waals surface area contributed by atoms with E-state index in [0.29, 0.717) is 19.8 Å². The van der Waals surface area contributed by atoms with Crippen LogP contribution in [0.1, 0.15) is 22.7 Å². The highest BCUT2D eigenvalue weighted by Crippen LogP contribution is 2.23. The number of aryl methyl sites for hydroxylation is 2. The number of ether oxygens (including phenoxy) is 3. The first-order chi connectivity index (χ1) is 14.0. The lowest BCUT2D eigenvalue weighted by molar-refractivity contribution is -0.123. The van der Waals surface area contributed by atoms with Crippen molar-refractivity contribution in [1.82, 2.24) is 10.2 Å². The Labute approximate surface area is 172 Å². The number of carbonyl (C=O) groups is 1. The summed E-state index contributed by atoms with van der Waals surface area (Å²) in [6, 6.07) is 14.0. The highest BCUT2D eigenvalue weighted by molar-refractivity contribution is 5.77. The molecule has 0 bridgehead atoms. The second-order valence-electron chi connectivity index (χ2n) is 7.35. The third-order valence-corrected chi connectivity index (χ3v) is 5.04. The molecule has 2 aromatic carbocycles. The van der Waals surface area contributed by atoms with Crippen molar-refractivity contribution in [2.45, 2.75) is 19.9 Å². The Morgan fingerprint density at radius 3 is 2.34 bits per heavy atom. The lowest BCUT2D eigenvalue weighted by Gasteiger charge is -2.35. The number of benzene rings is 2. The van der Waals surface area contributed by atoms with Crippen LogP contribution in [-0.2, 0) is 9.53 Å². The molecule has 1 fully saturated rings. The molecule has 0 radical (unpaired) electrons. The van der Waals surface area contributed by atoms with Gasteiger partial charge < -0.3 is 19.5 Å². The van der Waals surface area contributed by atoms with Crippen molar-refractivity contribution < 1.29 is 19.0 Å². The summed E-state index contributed by atoms with van der Waals surface area (Å²) in [4.78, 5) is 14.7. The molecule has 1 atom stereocenters. The number of amides is 1. The van der Waals surface area contributed by atoms with E-state index in [9.17, 15) is 4.79 Å². The van der Waals surface area contributed by atoms with E-state index in [0.717, 1.165) is 41.3 Å². The van der Waals surface area contributed by atoms with Crippen LogP contribution >= 0.6 is 0 Å². The number of nitrogens with one attached hydrogen (secondary N) is 1. The number of carbonyl (C=O) groups excluding carboxylic acids is 1. The molecule has 2 aromatic rings. The molecule has 1 saturated heterocycles. The Bertz CT molecular complexity index is 781. The van der Waals surface area contributed by atoms with E-state index >= 15 is 0 Å². The van der Waals surface area contributed by atoms with Crippen molar-refractivity contribution in [2.24, 2.45) is 0 Å². The topological polar surface area (TPSA) is 60.0 Å². The van der Waals surface area contributed by atoms with E-state index in [1.807, 2.05) is 38.1 Å². The molecule has 29 heavy (non-hydrogen) atoms. The fraction of sp³-hybridized carbons (Fsp3) is 0.435. The average Bonchev–Trinajstić information content (AvgIpc) is 2.73. The Kier molecular flexibility index (Phi) is 7.49. The smallest absolute Gasteiger partial charge is 0.258 e. The molecular formula is C23H30N2O4. The Morgan fingerprint density at radius 2 is 1.72 bits per heavy atom. The molecule has 1 aliphatic rings. The molecule has 0 aromatic heterocycles. The second kappa shape index (κ2) is 10.3. The van der Waals surface area contributed by atoms with Gasteiger partial charge in [0.1, 0.15) is 11.5 Å². The van der Waals surface area contributed by atoms with Crippen LogP contribution < -0.4 is 14.8 Å². The average molecular weight is 399 g/mol. The highest BCUT2D eigenvalue weighted by Gasteiger charge is 2.23. The van der Waals surface area contributed by atoms with Gasteiger partial charge in [0.05, 0.1) is 26.4 Å². The zero-order chi connectivity index (χ0) is 20.6. The van der Waals surface area contributed by atoms with E-state index in [2.05, 4.69) is 28.4 Å². The third-order valence-electron chi connectivity index (χ3n) is 5.04. The molecule has 1 heterocycles. The monoisotopic (exact) mass is 398 g/mol. The fourth-order valence-electron chi connectivity index (χ4n) is 3.60. The van der Waals surface area contributed by atoms with Crippen molar-refractivity contribution >= 4 is 5.91 Å². The Morgan fingerprint density at radius 1 is 1.07 bits per heavy atom. The summed E-state index contributed by atoms with van der Waals surface area (Å²) in [5, 5.41) is 3.03. The second-order valence-corrected chi connectivity index (χ2v) is 7.35. The summed E-state index contributed by atoms with van der Waals surface area (Å²) in [6.45, 7) is 7.64. The van der Waals surface area contributed by atoms with Crippen LogP contribution in [0.5, 0.6) is 11.5 Å². The van der Waals surface area contributed by atoms with Gasteiger partial charge in [-0.2, -0.15) is 0 Å². The largest absolute Gasteiger partial charge is 0.497 e. The third kappa shape index (κ3) is 6.21. The van der Waals surface area contributed by atoms with Crippen molar-refractivity contribution in [2.75, 3.05) is 46.6 Å². The first kappa shape index (κ1) is 21.1. The zero-order valence-corrected chi connectivity index (χ0v) is 17.4. The van der Waals surface area contributed by atoms with Gasteiger partial charge in [0.15, 0.2) is 6.61 Å². The quantitative estimate of drug-likeness (QED) is 0.741. The van der Waals surface area contributed by atoms with Crippen LogP contribution in [0.4, 0.5) is 0 Å². The first-order valence-corrected chi connectivity index (χ1v) is 9.98. The molecule has 0 aliphatic carbocycles. The van der Waals surface area contributed by atoms with Crippen molar-refractivity contribution in [3.63, 3.8) is 0 Å². The zero-order valence-electron chi connectivity index (χ0n) is 17.4. The molecule has 156 valence electrons. The predicted octanol–water partition coefficient (Wildman–Crippen LogP) is 2.88. The van der Waals surface area contributed by atoms with Crippen LogP contribution in [0.15, 0.2) is 42.5 Å². The molecule has 1 aliphatic heterocycles. The summed E-state index contributed by atoms with van der Waals surface area (Å²) in [5.41, 5.74) is 3.38. The van der Waals surface area contributed by atoms with Gasteiger partial charge in [-0.25, -0.2) is 0 Å². The lowest BCUT2D eigenvalue weighted by Crippen LogP contribution is -2.44. The first-order valence-electron chi connectivity index (χ1n) is 9.98. The molecule has 1 amide bonds. The minimum Gasteiger partial charge on any atom is -0.497 e. The molecule has 1 N–H and O–H groups in total. The summed E-state index contributed by atoms with van der Waals surface area (Å²) in [7, 11) is 1.66. The van der Waals surface area contributed by atoms with Gasteiger partial charge in [0.2, 0.25) is 0 Å². The van der Waals surface area contributed by atoms with Gasteiger partial charge in [-0.05, 0) is 54.8 Å². The highest BCUT2D eigenvalue weighted by atomic mass is 16.5. The Balaban J connectivity index is 1.60. The normalized spacial score (nSPS) is 15.6. The molecule has 0 spiro atoms. The maximum atomic E-state index is 12.4. The van der Waals surface area contributed by atoms with Crippen LogP contribution in [0.25, 0.3) is 0 Å². The van der Waals surface area contributed by atoms with E-state index in [1.54, 1.807) is 7.11 Å². The van der Waals surface area contributed by atoms with E-state index in [4.69, 9.17) is 14.2 Å². The minimum atomic E-state index is -0.129. The maximum Gasteiger partial charge on any atom is 0.258 e. The fourth-order valence-corrected chi connectivity index (χ4v) is 3.60. The summed E-state index contributed by atoms with van der Waals surface area (Å²) < 4.78 is 16.4. The van der Waals surface area contributed by atoms with Crippen LogP contribution in [0.2, 0.25) is 0 Å². The number of rotatable bonds is 8. The van der Waals surface area contributed by atoms with Gasteiger partial charge >= 0.3 is 0 Å². The standard InChI is InChI=1S/C23H30N2O4/c1-17-12-18(2)14-21(13-17)29-16-23(26)24-15-22(25-8-10-28-11-9-25)19-4-6-20(27-3)7-5-19/h4-7,12-14,22H,8-11,15-16H2,1-3H3,(H,24,26). The molecule has 0 saturated carbocycles. The predicted molar refractivity (Wildman–Crippen MR) is 113 cm³/mol. The van der Waals surface area contributed by atoms with Gasteiger partial charge in [-0.3, -0.25) is 9.69 Å². The van der Waals surface area contributed by atoms with Crippen LogP contribution in [0, 0.1) is 13.8 Å². The van der Waals surface area contributed by atoms with Gasteiger partial charge in [-0.1, -0.05) is 18.2 Å². The molecule has 1 unspecified atom stereocenters. The number of methoxy groups -OCH3 is 1. The van der Waals surface area contributed by atoms with Gasteiger partial charge in [-0.15, -0.1) is 0 Å². The summed E-state index contributed by atoms with van der Waals surface area (Å²) >= 11 is 0. The van der Waals surface area contributed by atoms with E-state index in [-0.39, 0.29) is 18.6 Å². The minimum absolute atomic E-state index is 0.00133. The van der Waals surface area contributed by atoms with E-state index in [1.165, 1.54) is 0 Å². The number of nitrogens with zero attached hydrogens (tertiary/aromatic N) is 1. The van der Waals surface area contributed by atoms with Crippen LogP contribution in [0.3, 0.4) is 0 Å². The Hall–Kier alpha value is -2.57. The SMILES string of the molecule is COc1ccc(C(CNC(=O)COc2cc(C)cc(C)c2)N2CCOCC2)cc1. The number of morpholine rings is 1. The van der Waals surface area contributed by atoms with E-state index < -0.39 is 0 Å². The lowest BCUT2D eigenvalue weighted by atomic mass is 10.0. The van der Waals surface area contributed by atoms with Crippen molar-refractivity contribution in [1.29, 1.82) is 0 Å². The van der Waals surface area contributed by atoms with Crippen molar-refractivity contribution in [3.8, 4) is 11.5 Å². The van der Waals surface area contributed by atoms with Crippen LogP contribution in [-0.4, -0.2) is 57.4 Å². The molecular weight excluding hydrogens is 368 g/mol. The van der Waals surface area contributed by atoms with Gasteiger partial charge in [0.25, 0.3) is 5.91 Å². The summed E-state index contributed by atoms with van der Waals surface area (Å²) in [5.74, 6) is 1.41. The number of hydrogen-bond donors (Lipinski definition) is 1. The molecule has 6 nitrogen and oxygen atoms in total.